The molecule has 0 aliphatic carbocycles. The summed E-state index contributed by atoms with van der Waals surface area (Å²) >= 11 is 0. The van der Waals surface area contributed by atoms with E-state index < -0.39 is 0 Å². The Kier molecular flexibility index (Phi) is 6.32. The molecule has 1 saturated heterocycles. The monoisotopic (exact) mass is 407 g/mol. The molecule has 4 rings (SSSR count). The van der Waals surface area contributed by atoms with Crippen LogP contribution in [-0.2, 0) is 24.2 Å². The van der Waals surface area contributed by atoms with Gasteiger partial charge in [0.15, 0.2) is 0 Å². The Labute approximate surface area is 179 Å². The van der Waals surface area contributed by atoms with Crippen LogP contribution < -0.4 is 4.90 Å². The molecule has 0 radical (unpaired) electrons. The first-order chi connectivity index (χ1) is 14.5. The fraction of sp³-hybridized carbons (Fsp3) is 0.542. The van der Waals surface area contributed by atoms with Gasteiger partial charge in [-0.05, 0) is 38.4 Å². The first-order valence-electron chi connectivity index (χ1n) is 11.1. The van der Waals surface area contributed by atoms with E-state index >= 15 is 0 Å². The summed E-state index contributed by atoms with van der Waals surface area (Å²) in [5.74, 6) is 2.50. The summed E-state index contributed by atoms with van der Waals surface area (Å²) in [4.78, 5) is 28.7. The maximum Gasteiger partial charge on any atom is 0.219 e. The SMILES string of the molecule is CC(=O)N1CCc2nc([C@@H]3CCCN(C)C3)nc(N(C)CCc3ccccc3)c2C1. The van der Waals surface area contributed by atoms with E-state index in [2.05, 4.69) is 54.2 Å². The lowest BCUT2D eigenvalue weighted by Gasteiger charge is -2.33. The molecule has 2 aliphatic heterocycles. The number of piperidine rings is 1. The van der Waals surface area contributed by atoms with Crippen molar-refractivity contribution in [3.8, 4) is 0 Å². The van der Waals surface area contributed by atoms with Gasteiger partial charge in [0, 0.05) is 51.5 Å². The normalized spacial score (nSPS) is 19.4. The second-order valence-electron chi connectivity index (χ2n) is 8.78. The Morgan fingerprint density at radius 2 is 2.00 bits per heavy atom. The van der Waals surface area contributed by atoms with Crippen molar-refractivity contribution in [2.45, 2.75) is 45.1 Å². The van der Waals surface area contributed by atoms with Crippen molar-refractivity contribution in [2.24, 2.45) is 0 Å². The Morgan fingerprint density at radius 3 is 2.73 bits per heavy atom. The average molecular weight is 408 g/mol. The molecule has 0 bridgehead atoms. The Balaban J connectivity index is 1.63. The van der Waals surface area contributed by atoms with E-state index in [1.54, 1.807) is 6.92 Å². The highest BCUT2D eigenvalue weighted by Gasteiger charge is 2.28. The second kappa shape index (κ2) is 9.13. The standard InChI is InChI=1S/C24H33N5O/c1-18(30)29-15-12-22-21(17-29)24(28(3)14-11-19-8-5-4-6-9-19)26-23(25-22)20-10-7-13-27(2)16-20/h4-6,8-9,20H,7,10-17H2,1-3H3/t20-/m1/s1. The molecular weight excluding hydrogens is 374 g/mol. The second-order valence-corrected chi connectivity index (χ2v) is 8.78. The highest BCUT2D eigenvalue weighted by Crippen LogP contribution is 2.31. The fourth-order valence-electron chi connectivity index (χ4n) is 4.61. The Bertz CT molecular complexity index is 885. The van der Waals surface area contributed by atoms with E-state index in [-0.39, 0.29) is 5.91 Å². The molecule has 6 nitrogen and oxygen atoms in total. The summed E-state index contributed by atoms with van der Waals surface area (Å²) in [5, 5.41) is 0. The third kappa shape index (κ3) is 4.64. The number of likely N-dealkylation sites (N-methyl/N-ethyl adjacent to an activating group) is 2. The molecule has 6 heteroatoms. The summed E-state index contributed by atoms with van der Waals surface area (Å²) in [7, 11) is 4.30. The van der Waals surface area contributed by atoms with Crippen LogP contribution in [0.3, 0.4) is 0 Å². The van der Waals surface area contributed by atoms with E-state index in [4.69, 9.17) is 9.97 Å². The molecular formula is C24H33N5O. The molecule has 160 valence electrons. The van der Waals surface area contributed by atoms with Gasteiger partial charge < -0.3 is 14.7 Å². The number of carbonyl (C=O) groups is 1. The minimum Gasteiger partial charge on any atom is -0.359 e. The van der Waals surface area contributed by atoms with E-state index in [0.29, 0.717) is 12.5 Å². The predicted molar refractivity (Wildman–Crippen MR) is 120 cm³/mol. The zero-order valence-electron chi connectivity index (χ0n) is 18.5. The third-order valence-electron chi connectivity index (χ3n) is 6.43. The number of amides is 1. The number of hydrogen-bond donors (Lipinski definition) is 0. The van der Waals surface area contributed by atoms with Crippen LogP contribution in [-0.4, -0.2) is 65.9 Å². The molecule has 3 heterocycles. The molecule has 30 heavy (non-hydrogen) atoms. The van der Waals surface area contributed by atoms with Crippen LogP contribution in [0.2, 0.25) is 0 Å². The lowest BCUT2D eigenvalue weighted by molar-refractivity contribution is -0.129. The number of rotatable bonds is 5. The number of benzene rings is 1. The minimum atomic E-state index is 0.122. The number of likely N-dealkylation sites (tertiary alicyclic amines) is 1. The molecule has 1 atom stereocenters. The maximum absolute atomic E-state index is 12.0. The highest BCUT2D eigenvalue weighted by molar-refractivity contribution is 5.74. The van der Waals surface area contributed by atoms with Gasteiger partial charge in [0.05, 0.1) is 12.2 Å². The zero-order valence-corrected chi connectivity index (χ0v) is 18.5. The minimum absolute atomic E-state index is 0.122. The van der Waals surface area contributed by atoms with Crippen LogP contribution in [0.15, 0.2) is 30.3 Å². The molecule has 2 aromatic rings. The van der Waals surface area contributed by atoms with Crippen molar-refractivity contribution in [1.29, 1.82) is 0 Å². The lowest BCUT2D eigenvalue weighted by Crippen LogP contribution is -2.38. The molecule has 1 fully saturated rings. The highest BCUT2D eigenvalue weighted by atomic mass is 16.2. The number of carbonyl (C=O) groups excluding carboxylic acids is 1. The van der Waals surface area contributed by atoms with Gasteiger partial charge in [-0.3, -0.25) is 4.79 Å². The number of hydrogen-bond acceptors (Lipinski definition) is 5. The number of aromatic nitrogens is 2. The van der Waals surface area contributed by atoms with Gasteiger partial charge in [0.25, 0.3) is 0 Å². The molecule has 0 unspecified atom stereocenters. The summed E-state index contributed by atoms with van der Waals surface area (Å²) in [6, 6.07) is 10.6. The van der Waals surface area contributed by atoms with Gasteiger partial charge in [-0.25, -0.2) is 9.97 Å². The maximum atomic E-state index is 12.0. The van der Waals surface area contributed by atoms with Crippen molar-refractivity contribution in [3.05, 3.63) is 53.0 Å². The number of nitrogens with zero attached hydrogens (tertiary/aromatic N) is 5. The first kappa shape index (κ1) is 20.8. The lowest BCUT2D eigenvalue weighted by atomic mass is 9.96. The zero-order chi connectivity index (χ0) is 21.1. The number of fused-ring (bicyclic) bond motifs is 1. The van der Waals surface area contributed by atoms with Crippen molar-refractivity contribution in [3.63, 3.8) is 0 Å². The van der Waals surface area contributed by atoms with E-state index in [1.165, 1.54) is 12.0 Å². The molecule has 2 aliphatic rings. The topological polar surface area (TPSA) is 52.6 Å². The molecule has 1 amide bonds. The van der Waals surface area contributed by atoms with Crippen LogP contribution >= 0.6 is 0 Å². The average Bonchev–Trinajstić information content (AvgIpc) is 2.77. The first-order valence-corrected chi connectivity index (χ1v) is 11.1. The van der Waals surface area contributed by atoms with Gasteiger partial charge in [-0.15, -0.1) is 0 Å². The summed E-state index contributed by atoms with van der Waals surface area (Å²) in [6.45, 7) is 6.07. The fourth-order valence-corrected chi connectivity index (χ4v) is 4.61. The Morgan fingerprint density at radius 1 is 1.20 bits per heavy atom. The molecule has 0 N–H and O–H groups in total. The molecule has 1 aromatic carbocycles. The van der Waals surface area contributed by atoms with Crippen molar-refractivity contribution >= 4 is 11.7 Å². The van der Waals surface area contributed by atoms with Crippen LogP contribution in [0.4, 0.5) is 5.82 Å². The summed E-state index contributed by atoms with van der Waals surface area (Å²) < 4.78 is 0. The molecule has 0 saturated carbocycles. The van der Waals surface area contributed by atoms with Gasteiger partial charge >= 0.3 is 0 Å². The quantitative estimate of drug-likeness (QED) is 0.763. The summed E-state index contributed by atoms with van der Waals surface area (Å²) in [5.41, 5.74) is 3.58. The van der Waals surface area contributed by atoms with E-state index in [1.807, 2.05) is 4.90 Å². The van der Waals surface area contributed by atoms with Crippen LogP contribution in [0.1, 0.15) is 48.3 Å². The predicted octanol–water partition coefficient (Wildman–Crippen LogP) is 2.87. The third-order valence-corrected chi connectivity index (χ3v) is 6.43. The smallest absolute Gasteiger partial charge is 0.219 e. The summed E-state index contributed by atoms with van der Waals surface area (Å²) in [6.07, 6.45) is 4.12. The van der Waals surface area contributed by atoms with Crippen molar-refractivity contribution < 1.29 is 4.79 Å². The van der Waals surface area contributed by atoms with Crippen molar-refractivity contribution in [2.75, 3.05) is 45.2 Å². The molecule has 0 spiro atoms. The van der Waals surface area contributed by atoms with Gasteiger partial charge in [0.2, 0.25) is 5.91 Å². The van der Waals surface area contributed by atoms with Gasteiger partial charge in [0.1, 0.15) is 11.6 Å². The number of anilines is 1. The van der Waals surface area contributed by atoms with Gasteiger partial charge in [-0.1, -0.05) is 30.3 Å². The molecule has 1 aromatic heterocycles. The van der Waals surface area contributed by atoms with Gasteiger partial charge in [-0.2, -0.15) is 0 Å². The van der Waals surface area contributed by atoms with Crippen LogP contribution in [0, 0.1) is 0 Å². The van der Waals surface area contributed by atoms with E-state index in [0.717, 1.165) is 68.3 Å². The van der Waals surface area contributed by atoms with Crippen LogP contribution in [0.25, 0.3) is 0 Å². The Hall–Kier alpha value is -2.47. The largest absolute Gasteiger partial charge is 0.359 e. The van der Waals surface area contributed by atoms with Crippen molar-refractivity contribution in [1.82, 2.24) is 19.8 Å². The van der Waals surface area contributed by atoms with E-state index in [9.17, 15) is 4.79 Å². The van der Waals surface area contributed by atoms with Crippen LogP contribution in [0.5, 0.6) is 0 Å².